The van der Waals surface area contributed by atoms with Gasteiger partial charge in [-0.1, -0.05) is 76.2 Å². The standard InChI is InChI=1S/C25H16Cl5NO4/c1-3-34-24(32)17-12(2)31(13-7-5-4-6-8-13)16-10-9-14(11-15(16)17)35-25(33)18-19(26)21(28)23(30)22(29)20(18)27/h4-11H,3H2,1-2H3. The summed E-state index contributed by atoms with van der Waals surface area (Å²) in [5, 5.41) is -0.140. The van der Waals surface area contributed by atoms with E-state index in [1.807, 2.05) is 41.8 Å². The summed E-state index contributed by atoms with van der Waals surface area (Å²) in [6.07, 6.45) is 0. The molecular weight excluding hydrogens is 556 g/mol. The van der Waals surface area contributed by atoms with Gasteiger partial charge in [0.25, 0.3) is 0 Å². The fraction of sp³-hybridized carbons (Fsp3) is 0.120. The van der Waals surface area contributed by atoms with Gasteiger partial charge in [0.05, 0.1) is 42.8 Å². The summed E-state index contributed by atoms with van der Waals surface area (Å²) >= 11 is 30.6. The Morgan fingerprint density at radius 2 is 1.40 bits per heavy atom. The van der Waals surface area contributed by atoms with Crippen molar-refractivity contribution >= 4 is 80.8 Å². The predicted octanol–water partition coefficient (Wildman–Crippen LogP) is 8.60. The minimum Gasteiger partial charge on any atom is -0.462 e. The Labute approximate surface area is 226 Å². The maximum absolute atomic E-state index is 13.0. The molecule has 5 nitrogen and oxygen atoms in total. The van der Waals surface area contributed by atoms with Crippen LogP contribution in [0, 0.1) is 6.92 Å². The van der Waals surface area contributed by atoms with Crippen molar-refractivity contribution in [1.29, 1.82) is 0 Å². The van der Waals surface area contributed by atoms with Crippen molar-refractivity contribution in [2.45, 2.75) is 13.8 Å². The highest BCUT2D eigenvalue weighted by Gasteiger charge is 2.27. The van der Waals surface area contributed by atoms with Crippen LogP contribution in [0.5, 0.6) is 5.75 Å². The normalized spacial score (nSPS) is 11.1. The van der Waals surface area contributed by atoms with Crippen molar-refractivity contribution in [2.75, 3.05) is 6.61 Å². The van der Waals surface area contributed by atoms with E-state index in [1.165, 1.54) is 0 Å². The van der Waals surface area contributed by atoms with Crippen molar-refractivity contribution in [2.24, 2.45) is 0 Å². The maximum atomic E-state index is 13.0. The molecule has 0 N–H and O–H groups in total. The number of rotatable bonds is 5. The molecule has 10 heteroatoms. The monoisotopic (exact) mass is 569 g/mol. The van der Waals surface area contributed by atoms with E-state index in [1.54, 1.807) is 25.1 Å². The Bertz CT molecular complexity index is 1450. The summed E-state index contributed by atoms with van der Waals surface area (Å²) in [5.74, 6) is -1.24. The van der Waals surface area contributed by atoms with E-state index >= 15 is 0 Å². The molecule has 0 aliphatic heterocycles. The van der Waals surface area contributed by atoms with Gasteiger partial charge in [-0.05, 0) is 44.2 Å². The molecule has 0 spiro atoms. The van der Waals surface area contributed by atoms with Crippen molar-refractivity contribution in [3.8, 4) is 11.4 Å². The summed E-state index contributed by atoms with van der Waals surface area (Å²) < 4.78 is 12.8. The first-order chi connectivity index (χ1) is 16.7. The fourth-order valence-corrected chi connectivity index (χ4v) is 5.07. The zero-order chi connectivity index (χ0) is 25.4. The van der Waals surface area contributed by atoms with Gasteiger partial charge < -0.3 is 14.0 Å². The third kappa shape index (κ3) is 4.59. The second-order valence-electron chi connectivity index (χ2n) is 7.37. The van der Waals surface area contributed by atoms with Crippen LogP contribution in [0.3, 0.4) is 0 Å². The van der Waals surface area contributed by atoms with Gasteiger partial charge in [0.2, 0.25) is 0 Å². The molecule has 0 saturated carbocycles. The number of carbonyl (C=O) groups excluding carboxylic acids is 2. The molecule has 1 aromatic heterocycles. The summed E-state index contributed by atoms with van der Waals surface area (Å²) in [5.41, 5.74) is 2.40. The highest BCUT2D eigenvalue weighted by molar-refractivity contribution is 6.56. The number of fused-ring (bicyclic) bond motifs is 1. The van der Waals surface area contributed by atoms with Crippen LogP contribution in [0.2, 0.25) is 25.1 Å². The SMILES string of the molecule is CCOC(=O)c1c(C)n(-c2ccccc2)c2ccc(OC(=O)c3c(Cl)c(Cl)c(Cl)c(Cl)c3Cl)cc12. The maximum Gasteiger partial charge on any atom is 0.346 e. The second kappa shape index (κ2) is 10.3. The molecule has 4 aromatic rings. The second-order valence-corrected chi connectivity index (χ2v) is 9.26. The van der Waals surface area contributed by atoms with Gasteiger partial charge in [0, 0.05) is 16.8 Å². The molecule has 3 aromatic carbocycles. The van der Waals surface area contributed by atoms with Crippen LogP contribution in [-0.4, -0.2) is 23.1 Å². The minimum atomic E-state index is -0.892. The van der Waals surface area contributed by atoms with Crippen molar-refractivity contribution in [3.63, 3.8) is 0 Å². The van der Waals surface area contributed by atoms with E-state index in [4.69, 9.17) is 67.5 Å². The number of hydrogen-bond donors (Lipinski definition) is 0. The average molecular weight is 572 g/mol. The number of para-hydroxylation sites is 1. The lowest BCUT2D eigenvalue weighted by Gasteiger charge is -2.12. The molecule has 0 saturated heterocycles. The molecule has 0 unspecified atom stereocenters. The Kier molecular flexibility index (Phi) is 7.55. The van der Waals surface area contributed by atoms with Crippen LogP contribution < -0.4 is 4.74 Å². The van der Waals surface area contributed by atoms with E-state index < -0.39 is 11.9 Å². The highest BCUT2D eigenvalue weighted by Crippen LogP contribution is 2.44. The first kappa shape index (κ1) is 25.7. The number of ether oxygens (including phenoxy) is 2. The summed E-state index contributed by atoms with van der Waals surface area (Å²) in [6, 6.07) is 14.5. The van der Waals surface area contributed by atoms with E-state index in [0.29, 0.717) is 16.6 Å². The minimum absolute atomic E-state index is 0.0712. The topological polar surface area (TPSA) is 57.5 Å². The largest absolute Gasteiger partial charge is 0.462 e. The molecule has 35 heavy (non-hydrogen) atoms. The average Bonchev–Trinajstić information content (AvgIpc) is 3.13. The number of hydrogen-bond acceptors (Lipinski definition) is 4. The van der Waals surface area contributed by atoms with Crippen LogP contribution in [-0.2, 0) is 4.74 Å². The van der Waals surface area contributed by atoms with Crippen molar-refractivity contribution in [1.82, 2.24) is 4.57 Å². The number of carbonyl (C=O) groups is 2. The molecular formula is C25H16Cl5NO4. The van der Waals surface area contributed by atoms with Crippen LogP contribution >= 0.6 is 58.0 Å². The molecule has 0 bridgehead atoms. The van der Waals surface area contributed by atoms with E-state index in [0.717, 1.165) is 11.2 Å². The van der Waals surface area contributed by atoms with Crippen LogP contribution in [0.25, 0.3) is 16.6 Å². The van der Waals surface area contributed by atoms with E-state index in [2.05, 4.69) is 0 Å². The number of benzene rings is 3. The number of nitrogens with zero attached hydrogens (tertiary/aromatic N) is 1. The number of aromatic nitrogens is 1. The molecule has 4 rings (SSSR count). The predicted molar refractivity (Wildman–Crippen MR) is 140 cm³/mol. The van der Waals surface area contributed by atoms with Gasteiger partial charge in [0.15, 0.2) is 0 Å². The van der Waals surface area contributed by atoms with Gasteiger partial charge >= 0.3 is 11.9 Å². The summed E-state index contributed by atoms with van der Waals surface area (Å²) in [7, 11) is 0. The highest BCUT2D eigenvalue weighted by atomic mass is 35.5. The van der Waals surface area contributed by atoms with E-state index in [-0.39, 0.29) is 43.0 Å². The summed E-state index contributed by atoms with van der Waals surface area (Å²) in [6.45, 7) is 3.76. The third-order valence-corrected chi connectivity index (χ3v) is 7.57. The first-order valence-corrected chi connectivity index (χ1v) is 12.2. The first-order valence-electron chi connectivity index (χ1n) is 10.3. The van der Waals surface area contributed by atoms with Gasteiger partial charge in [-0.25, -0.2) is 9.59 Å². The summed E-state index contributed by atoms with van der Waals surface area (Å²) in [4.78, 5) is 25.8. The lowest BCUT2D eigenvalue weighted by Crippen LogP contribution is -2.11. The van der Waals surface area contributed by atoms with Crippen molar-refractivity contribution in [3.05, 3.63) is 90.5 Å². The third-order valence-electron chi connectivity index (χ3n) is 5.29. The smallest absolute Gasteiger partial charge is 0.346 e. The lowest BCUT2D eigenvalue weighted by molar-refractivity contribution is 0.0527. The van der Waals surface area contributed by atoms with Crippen molar-refractivity contribution < 1.29 is 19.1 Å². The molecule has 0 aliphatic rings. The number of halogens is 5. The zero-order valence-electron chi connectivity index (χ0n) is 18.3. The molecule has 0 fully saturated rings. The molecule has 0 atom stereocenters. The van der Waals surface area contributed by atoms with Crippen LogP contribution in [0.15, 0.2) is 48.5 Å². The Balaban J connectivity index is 1.84. The zero-order valence-corrected chi connectivity index (χ0v) is 22.1. The Morgan fingerprint density at radius 1 is 0.800 bits per heavy atom. The molecule has 180 valence electrons. The number of esters is 2. The Hall–Kier alpha value is -2.41. The van der Waals surface area contributed by atoms with Gasteiger partial charge in [-0.2, -0.15) is 0 Å². The van der Waals surface area contributed by atoms with Gasteiger partial charge in [-0.3, -0.25) is 0 Å². The van der Waals surface area contributed by atoms with Crippen LogP contribution in [0.1, 0.15) is 33.3 Å². The van der Waals surface area contributed by atoms with Gasteiger partial charge in [0.1, 0.15) is 11.3 Å². The van der Waals surface area contributed by atoms with Crippen LogP contribution in [0.4, 0.5) is 0 Å². The fourth-order valence-electron chi connectivity index (χ4n) is 3.77. The molecule has 1 heterocycles. The Morgan fingerprint density at radius 3 is 2.00 bits per heavy atom. The molecule has 0 amide bonds. The quantitative estimate of drug-likeness (QED) is 0.104. The molecule has 0 aliphatic carbocycles. The van der Waals surface area contributed by atoms with Gasteiger partial charge in [-0.15, -0.1) is 0 Å². The lowest BCUT2D eigenvalue weighted by atomic mass is 10.1. The molecule has 0 radical (unpaired) electrons. The van der Waals surface area contributed by atoms with E-state index in [9.17, 15) is 9.59 Å².